The largest absolute Gasteiger partial charge is 0.439 e. The molecule has 0 amide bonds. The molecule has 0 N–H and O–H groups in total. The van der Waals surface area contributed by atoms with Crippen LogP contribution in [0.15, 0.2) is 34.9 Å². The van der Waals surface area contributed by atoms with Crippen LogP contribution < -0.4 is 0 Å². The lowest BCUT2D eigenvalue weighted by Gasteiger charge is -2.36. The zero-order chi connectivity index (χ0) is 15.7. The molecule has 2 aromatic rings. The summed E-state index contributed by atoms with van der Waals surface area (Å²) in [4.78, 5) is 6.61. The van der Waals surface area contributed by atoms with Gasteiger partial charge in [0.1, 0.15) is 0 Å². The Morgan fingerprint density at radius 3 is 2.77 bits per heavy atom. The van der Waals surface area contributed by atoms with E-state index in [1.165, 1.54) is 0 Å². The van der Waals surface area contributed by atoms with Gasteiger partial charge in [-0.3, -0.25) is 9.11 Å². The number of nitrogens with zero attached hydrogens (tertiary/aromatic N) is 2. The zero-order valence-corrected chi connectivity index (χ0v) is 14.3. The number of benzene rings is 1. The van der Waals surface area contributed by atoms with Crippen molar-refractivity contribution in [3.05, 3.63) is 41.4 Å². The molecule has 3 rings (SSSR count). The molecule has 0 radical (unpaired) electrons. The molecule has 0 saturated carbocycles. The molecule has 0 spiro atoms. The average molecular weight is 339 g/mol. The standard InChI is InChI=1S/C16H19ClN2O2S/c1-16(2)11-19(7-8-22(16)20)10-15-18-9-14(21-15)12-3-5-13(17)6-4-12/h3-6,9H,7-8,10-11H2,1-2H3/t22-/m1/s1. The molecule has 2 heterocycles. The lowest BCUT2D eigenvalue weighted by atomic mass is 10.2. The van der Waals surface area contributed by atoms with E-state index in [1.54, 1.807) is 6.20 Å². The normalized spacial score (nSPS) is 21.9. The molecule has 6 heteroatoms. The molecule has 1 aromatic carbocycles. The molecule has 0 unspecified atom stereocenters. The Labute approximate surface area is 137 Å². The molecular formula is C16H19ClN2O2S. The molecule has 1 aromatic heterocycles. The Morgan fingerprint density at radius 2 is 2.09 bits per heavy atom. The topological polar surface area (TPSA) is 46.3 Å². The lowest BCUT2D eigenvalue weighted by molar-refractivity contribution is 0.225. The van der Waals surface area contributed by atoms with Crippen molar-refractivity contribution in [3.8, 4) is 11.3 Å². The van der Waals surface area contributed by atoms with Gasteiger partial charge in [0.05, 0.1) is 17.5 Å². The van der Waals surface area contributed by atoms with E-state index in [2.05, 4.69) is 9.88 Å². The Bertz CT molecular complexity index is 682. The van der Waals surface area contributed by atoms with Gasteiger partial charge in [-0.25, -0.2) is 4.98 Å². The Kier molecular flexibility index (Phi) is 4.39. The van der Waals surface area contributed by atoms with Crippen LogP contribution in [-0.4, -0.2) is 37.7 Å². The van der Waals surface area contributed by atoms with Crippen molar-refractivity contribution in [2.75, 3.05) is 18.8 Å². The third-order valence-corrected chi connectivity index (χ3v) is 6.02. The fourth-order valence-corrected chi connectivity index (χ4v) is 4.06. The number of aromatic nitrogens is 1. The van der Waals surface area contributed by atoms with E-state index in [9.17, 15) is 4.21 Å². The fourth-order valence-electron chi connectivity index (χ4n) is 2.64. The third kappa shape index (κ3) is 3.42. The highest BCUT2D eigenvalue weighted by atomic mass is 35.5. The first-order valence-corrected chi connectivity index (χ1v) is 8.95. The van der Waals surface area contributed by atoms with Crippen molar-refractivity contribution in [3.63, 3.8) is 0 Å². The molecule has 1 atom stereocenters. The maximum atomic E-state index is 12.0. The van der Waals surface area contributed by atoms with Crippen LogP contribution in [0.5, 0.6) is 0 Å². The van der Waals surface area contributed by atoms with E-state index in [0.717, 1.165) is 24.4 Å². The summed E-state index contributed by atoms with van der Waals surface area (Å²) in [7, 11) is -0.761. The summed E-state index contributed by atoms with van der Waals surface area (Å²) < 4.78 is 17.6. The maximum Gasteiger partial charge on any atom is 0.209 e. The quantitative estimate of drug-likeness (QED) is 0.861. The summed E-state index contributed by atoms with van der Waals surface area (Å²) in [5.74, 6) is 2.14. The van der Waals surface area contributed by atoms with Crippen molar-refractivity contribution < 1.29 is 8.63 Å². The van der Waals surface area contributed by atoms with Crippen molar-refractivity contribution >= 4 is 22.4 Å². The van der Waals surface area contributed by atoms with Gasteiger partial charge in [0.25, 0.3) is 0 Å². The highest BCUT2D eigenvalue weighted by Gasteiger charge is 2.33. The average Bonchev–Trinajstić information content (AvgIpc) is 2.92. The first-order valence-electron chi connectivity index (χ1n) is 7.25. The van der Waals surface area contributed by atoms with Crippen LogP contribution in [0.3, 0.4) is 0 Å². The first-order chi connectivity index (χ1) is 10.4. The van der Waals surface area contributed by atoms with E-state index >= 15 is 0 Å². The van der Waals surface area contributed by atoms with Crippen LogP contribution in [0, 0.1) is 0 Å². The van der Waals surface area contributed by atoms with Gasteiger partial charge < -0.3 is 4.42 Å². The van der Waals surface area contributed by atoms with E-state index in [4.69, 9.17) is 16.0 Å². The SMILES string of the molecule is CC1(C)CN(Cc2ncc(-c3ccc(Cl)cc3)o2)CC[S@]1=O. The monoisotopic (exact) mass is 338 g/mol. The summed E-state index contributed by atoms with van der Waals surface area (Å²) in [6.45, 7) is 6.34. The van der Waals surface area contributed by atoms with Gasteiger partial charge in [-0.2, -0.15) is 0 Å². The maximum absolute atomic E-state index is 12.0. The molecule has 1 aliphatic rings. The Balaban J connectivity index is 1.70. The number of oxazole rings is 1. The Hall–Kier alpha value is -1.17. The molecule has 4 nitrogen and oxygen atoms in total. The smallest absolute Gasteiger partial charge is 0.209 e. The van der Waals surface area contributed by atoms with Crippen LogP contribution in [0.1, 0.15) is 19.7 Å². The molecule has 1 aliphatic heterocycles. The van der Waals surface area contributed by atoms with Crippen molar-refractivity contribution in [2.45, 2.75) is 25.1 Å². The minimum absolute atomic E-state index is 0.177. The van der Waals surface area contributed by atoms with E-state index in [-0.39, 0.29) is 4.75 Å². The second-order valence-electron chi connectivity index (χ2n) is 6.15. The lowest BCUT2D eigenvalue weighted by Crippen LogP contribution is -2.49. The highest BCUT2D eigenvalue weighted by Crippen LogP contribution is 2.25. The molecule has 118 valence electrons. The predicted molar refractivity (Wildman–Crippen MR) is 89.3 cm³/mol. The van der Waals surface area contributed by atoms with E-state index in [1.807, 2.05) is 38.1 Å². The van der Waals surface area contributed by atoms with Crippen molar-refractivity contribution in [1.82, 2.24) is 9.88 Å². The highest BCUT2D eigenvalue weighted by molar-refractivity contribution is 7.86. The molecule has 1 saturated heterocycles. The van der Waals surface area contributed by atoms with Gasteiger partial charge in [-0.05, 0) is 38.1 Å². The predicted octanol–water partition coefficient (Wildman–Crippen LogP) is 3.34. The van der Waals surface area contributed by atoms with Gasteiger partial charge in [-0.1, -0.05) is 11.6 Å². The Morgan fingerprint density at radius 1 is 1.36 bits per heavy atom. The van der Waals surface area contributed by atoms with Gasteiger partial charge in [0.15, 0.2) is 5.76 Å². The van der Waals surface area contributed by atoms with E-state index < -0.39 is 10.8 Å². The molecular weight excluding hydrogens is 320 g/mol. The van der Waals surface area contributed by atoms with Crippen molar-refractivity contribution in [2.24, 2.45) is 0 Å². The minimum atomic E-state index is -0.761. The summed E-state index contributed by atoms with van der Waals surface area (Å²) in [6.07, 6.45) is 1.74. The molecule has 22 heavy (non-hydrogen) atoms. The van der Waals surface area contributed by atoms with Crippen molar-refractivity contribution in [1.29, 1.82) is 0 Å². The summed E-state index contributed by atoms with van der Waals surface area (Å²) in [5, 5.41) is 0.701. The second-order valence-corrected chi connectivity index (χ2v) is 8.79. The minimum Gasteiger partial charge on any atom is -0.439 e. The fraction of sp³-hybridized carbons (Fsp3) is 0.438. The summed E-state index contributed by atoms with van der Waals surface area (Å²) in [5.41, 5.74) is 0.961. The van der Waals surface area contributed by atoms with Crippen LogP contribution in [0.25, 0.3) is 11.3 Å². The van der Waals surface area contributed by atoms with Crippen LogP contribution in [0.4, 0.5) is 0 Å². The zero-order valence-electron chi connectivity index (χ0n) is 12.7. The summed E-state index contributed by atoms with van der Waals surface area (Å²) >= 11 is 5.89. The first kappa shape index (κ1) is 15.7. The number of rotatable bonds is 3. The molecule has 1 fully saturated rings. The van der Waals surface area contributed by atoms with Gasteiger partial charge in [0.2, 0.25) is 5.89 Å². The number of halogens is 1. The summed E-state index contributed by atoms with van der Waals surface area (Å²) in [6, 6.07) is 7.50. The molecule has 0 aliphatic carbocycles. The number of hydrogen-bond acceptors (Lipinski definition) is 4. The second kappa shape index (κ2) is 6.14. The van der Waals surface area contributed by atoms with E-state index in [0.29, 0.717) is 23.2 Å². The van der Waals surface area contributed by atoms with Crippen LogP contribution >= 0.6 is 11.6 Å². The third-order valence-electron chi connectivity index (χ3n) is 3.85. The van der Waals surface area contributed by atoms with Gasteiger partial charge in [0, 0.05) is 40.2 Å². The van der Waals surface area contributed by atoms with Gasteiger partial charge >= 0.3 is 0 Å². The number of hydrogen-bond donors (Lipinski definition) is 0. The molecule has 0 bridgehead atoms. The van der Waals surface area contributed by atoms with Crippen LogP contribution in [-0.2, 0) is 17.3 Å². The van der Waals surface area contributed by atoms with Crippen LogP contribution in [0.2, 0.25) is 5.02 Å². The van der Waals surface area contributed by atoms with Gasteiger partial charge in [-0.15, -0.1) is 0 Å².